The van der Waals surface area contributed by atoms with E-state index in [0.717, 1.165) is 22.7 Å². The predicted octanol–water partition coefficient (Wildman–Crippen LogP) is 2.40. The van der Waals surface area contributed by atoms with Crippen LogP contribution in [0.15, 0.2) is 24.3 Å². The highest BCUT2D eigenvalue weighted by Crippen LogP contribution is 2.23. The van der Waals surface area contributed by atoms with Crippen molar-refractivity contribution >= 4 is 39.9 Å². The highest BCUT2D eigenvalue weighted by molar-refractivity contribution is 7.15. The lowest BCUT2D eigenvalue weighted by atomic mass is 10.2. The van der Waals surface area contributed by atoms with Crippen LogP contribution >= 0.6 is 11.3 Å². The number of carbonyl (C=O) groups is 3. The van der Waals surface area contributed by atoms with E-state index in [4.69, 9.17) is 0 Å². The molecule has 1 saturated heterocycles. The molecule has 0 unspecified atom stereocenters. The molecule has 7 nitrogen and oxygen atoms in total. The SMILES string of the molecule is CCCc1nnc(NC(=O)c2ccc(N3C(=O)CCC3=O)cc2)s1. The minimum atomic E-state index is -0.306. The Kier molecular flexibility index (Phi) is 4.66. The van der Waals surface area contributed by atoms with Crippen LogP contribution in [0.1, 0.15) is 41.6 Å². The van der Waals surface area contributed by atoms with Gasteiger partial charge in [-0.3, -0.25) is 24.6 Å². The molecule has 0 spiro atoms. The second-order valence-corrected chi connectivity index (χ2v) is 6.44. The highest BCUT2D eigenvalue weighted by Gasteiger charge is 2.30. The fraction of sp³-hybridized carbons (Fsp3) is 0.312. The van der Waals surface area contributed by atoms with Gasteiger partial charge in [-0.25, -0.2) is 0 Å². The molecule has 1 N–H and O–H groups in total. The van der Waals surface area contributed by atoms with Gasteiger partial charge in [-0.15, -0.1) is 10.2 Å². The summed E-state index contributed by atoms with van der Waals surface area (Å²) in [5.74, 6) is -0.733. The van der Waals surface area contributed by atoms with E-state index in [2.05, 4.69) is 22.4 Å². The van der Waals surface area contributed by atoms with E-state index in [9.17, 15) is 14.4 Å². The summed E-state index contributed by atoms with van der Waals surface area (Å²) in [7, 11) is 0. The molecule has 1 aliphatic heterocycles. The summed E-state index contributed by atoms with van der Waals surface area (Å²) in [6.45, 7) is 2.05. The predicted molar refractivity (Wildman–Crippen MR) is 90.0 cm³/mol. The van der Waals surface area contributed by atoms with Gasteiger partial charge in [-0.2, -0.15) is 0 Å². The van der Waals surface area contributed by atoms with Crippen molar-refractivity contribution in [3.05, 3.63) is 34.8 Å². The lowest BCUT2D eigenvalue weighted by Gasteiger charge is -2.13. The van der Waals surface area contributed by atoms with Crippen molar-refractivity contribution in [2.75, 3.05) is 10.2 Å². The number of rotatable bonds is 5. The molecule has 0 atom stereocenters. The molecule has 2 heterocycles. The van der Waals surface area contributed by atoms with Gasteiger partial charge in [0.2, 0.25) is 16.9 Å². The molecular formula is C16H16N4O3S. The number of anilines is 2. The van der Waals surface area contributed by atoms with Crippen LogP contribution in [-0.4, -0.2) is 27.9 Å². The molecule has 124 valence electrons. The second kappa shape index (κ2) is 6.88. The summed E-state index contributed by atoms with van der Waals surface area (Å²) >= 11 is 1.35. The summed E-state index contributed by atoms with van der Waals surface area (Å²) in [5, 5.41) is 12.0. The fourth-order valence-corrected chi connectivity index (χ4v) is 3.25. The molecule has 3 rings (SSSR count). The smallest absolute Gasteiger partial charge is 0.257 e. The van der Waals surface area contributed by atoms with Gasteiger partial charge >= 0.3 is 0 Å². The maximum absolute atomic E-state index is 12.2. The third-order valence-electron chi connectivity index (χ3n) is 3.59. The largest absolute Gasteiger partial charge is 0.296 e. The van der Waals surface area contributed by atoms with Crippen molar-refractivity contribution in [3.63, 3.8) is 0 Å². The van der Waals surface area contributed by atoms with Gasteiger partial charge in [0, 0.05) is 24.8 Å². The van der Waals surface area contributed by atoms with Crippen LogP contribution in [0, 0.1) is 0 Å². The summed E-state index contributed by atoms with van der Waals surface area (Å²) in [4.78, 5) is 36.8. The number of benzene rings is 1. The van der Waals surface area contributed by atoms with Gasteiger partial charge in [-0.1, -0.05) is 18.3 Å². The van der Waals surface area contributed by atoms with E-state index < -0.39 is 0 Å². The van der Waals surface area contributed by atoms with Crippen molar-refractivity contribution in [2.45, 2.75) is 32.6 Å². The molecule has 1 fully saturated rings. The van der Waals surface area contributed by atoms with E-state index in [0.29, 0.717) is 16.4 Å². The van der Waals surface area contributed by atoms with Crippen LogP contribution in [0.25, 0.3) is 0 Å². The molecule has 1 aromatic heterocycles. The third-order valence-corrected chi connectivity index (χ3v) is 4.49. The Morgan fingerprint density at radius 3 is 2.46 bits per heavy atom. The van der Waals surface area contributed by atoms with E-state index in [-0.39, 0.29) is 30.6 Å². The first-order valence-electron chi connectivity index (χ1n) is 7.68. The Bertz CT molecular complexity index is 769. The van der Waals surface area contributed by atoms with E-state index >= 15 is 0 Å². The van der Waals surface area contributed by atoms with Crippen LogP contribution in [0.2, 0.25) is 0 Å². The van der Waals surface area contributed by atoms with Crippen LogP contribution in [-0.2, 0) is 16.0 Å². The average molecular weight is 344 g/mol. The number of aryl methyl sites for hydroxylation is 1. The van der Waals surface area contributed by atoms with Crippen molar-refractivity contribution in [2.24, 2.45) is 0 Å². The maximum atomic E-state index is 12.2. The molecule has 1 aliphatic rings. The summed E-state index contributed by atoms with van der Waals surface area (Å²) < 4.78 is 0. The normalized spacial score (nSPS) is 14.3. The van der Waals surface area contributed by atoms with Crippen LogP contribution in [0.4, 0.5) is 10.8 Å². The molecule has 0 bridgehead atoms. The van der Waals surface area contributed by atoms with Crippen LogP contribution in [0.5, 0.6) is 0 Å². The first-order chi connectivity index (χ1) is 11.6. The summed E-state index contributed by atoms with van der Waals surface area (Å²) in [6.07, 6.45) is 2.27. The van der Waals surface area contributed by atoms with Crippen molar-refractivity contribution < 1.29 is 14.4 Å². The van der Waals surface area contributed by atoms with Gasteiger partial charge in [-0.05, 0) is 30.7 Å². The standard InChI is InChI=1S/C16H16N4O3S/c1-2-3-12-18-19-16(24-12)17-15(23)10-4-6-11(7-5-10)20-13(21)8-9-14(20)22/h4-7H,2-3,8-9H2,1H3,(H,17,19,23). The number of hydrogen-bond acceptors (Lipinski definition) is 6. The lowest BCUT2D eigenvalue weighted by Crippen LogP contribution is -2.28. The molecular weight excluding hydrogens is 328 g/mol. The van der Waals surface area contributed by atoms with Gasteiger partial charge in [0.15, 0.2) is 0 Å². The van der Waals surface area contributed by atoms with E-state index in [1.165, 1.54) is 11.3 Å². The molecule has 0 aliphatic carbocycles. The zero-order valence-electron chi connectivity index (χ0n) is 13.1. The second-order valence-electron chi connectivity index (χ2n) is 5.37. The minimum absolute atomic E-state index is 0.213. The zero-order chi connectivity index (χ0) is 17.1. The molecule has 8 heteroatoms. The average Bonchev–Trinajstić information content (AvgIpc) is 3.14. The van der Waals surface area contributed by atoms with Crippen molar-refractivity contribution in [3.8, 4) is 0 Å². The topological polar surface area (TPSA) is 92.3 Å². The Morgan fingerprint density at radius 2 is 1.83 bits per heavy atom. The van der Waals surface area contributed by atoms with E-state index in [1.807, 2.05) is 0 Å². The third kappa shape index (κ3) is 3.33. The molecule has 1 aromatic carbocycles. The highest BCUT2D eigenvalue weighted by atomic mass is 32.1. The monoisotopic (exact) mass is 344 g/mol. The van der Waals surface area contributed by atoms with Gasteiger partial charge in [0.25, 0.3) is 5.91 Å². The first kappa shape index (κ1) is 16.3. The number of carbonyl (C=O) groups excluding carboxylic acids is 3. The van der Waals surface area contributed by atoms with Crippen molar-refractivity contribution in [1.82, 2.24) is 10.2 Å². The molecule has 0 saturated carbocycles. The Morgan fingerprint density at radius 1 is 1.17 bits per heavy atom. The molecule has 3 amide bonds. The number of hydrogen-bond donors (Lipinski definition) is 1. The molecule has 24 heavy (non-hydrogen) atoms. The van der Waals surface area contributed by atoms with Crippen LogP contribution < -0.4 is 10.2 Å². The first-order valence-corrected chi connectivity index (χ1v) is 8.49. The van der Waals surface area contributed by atoms with Gasteiger partial charge < -0.3 is 0 Å². The van der Waals surface area contributed by atoms with E-state index in [1.54, 1.807) is 24.3 Å². The number of nitrogens with zero attached hydrogens (tertiary/aromatic N) is 3. The minimum Gasteiger partial charge on any atom is -0.296 e. The van der Waals surface area contributed by atoms with Crippen LogP contribution in [0.3, 0.4) is 0 Å². The number of imide groups is 1. The summed E-state index contributed by atoms with van der Waals surface area (Å²) in [6, 6.07) is 6.35. The maximum Gasteiger partial charge on any atom is 0.257 e. The summed E-state index contributed by atoms with van der Waals surface area (Å²) in [5.41, 5.74) is 0.908. The lowest BCUT2D eigenvalue weighted by molar-refractivity contribution is -0.121. The number of nitrogens with one attached hydrogen (secondary N) is 1. The number of amides is 3. The van der Waals surface area contributed by atoms with Gasteiger partial charge in [0.05, 0.1) is 5.69 Å². The molecule has 2 aromatic rings. The number of aromatic nitrogens is 2. The van der Waals surface area contributed by atoms with Crippen molar-refractivity contribution in [1.29, 1.82) is 0 Å². The molecule has 0 radical (unpaired) electrons. The quantitative estimate of drug-likeness (QED) is 0.841. The Labute approximate surface area is 142 Å². The zero-order valence-corrected chi connectivity index (χ0v) is 13.9. The fourth-order valence-electron chi connectivity index (χ4n) is 2.41. The Hall–Kier alpha value is -2.61. The van der Waals surface area contributed by atoms with Gasteiger partial charge in [0.1, 0.15) is 5.01 Å². The Balaban J connectivity index is 1.69.